The summed E-state index contributed by atoms with van der Waals surface area (Å²) >= 11 is 0. The summed E-state index contributed by atoms with van der Waals surface area (Å²) in [6, 6.07) is 6.68. The number of ether oxygens (including phenoxy) is 1. The third-order valence-electron chi connectivity index (χ3n) is 3.63. The maximum absolute atomic E-state index is 6.04. The molecule has 0 radical (unpaired) electrons. The van der Waals surface area contributed by atoms with Gasteiger partial charge in [-0.05, 0) is 38.4 Å². The molecule has 114 valence electrons. The molecule has 0 aliphatic carbocycles. The first kappa shape index (κ1) is 15.6. The highest BCUT2D eigenvalue weighted by Gasteiger charge is 2.12. The molecule has 0 saturated heterocycles. The van der Waals surface area contributed by atoms with Crippen molar-refractivity contribution in [1.29, 1.82) is 0 Å². The molecule has 4 nitrogen and oxygen atoms in total. The molecule has 1 aromatic heterocycles. The highest BCUT2D eigenvalue weighted by molar-refractivity contribution is 5.39. The van der Waals surface area contributed by atoms with E-state index in [-0.39, 0.29) is 6.04 Å². The summed E-state index contributed by atoms with van der Waals surface area (Å²) < 4.78 is 8.02. The van der Waals surface area contributed by atoms with Crippen molar-refractivity contribution in [3.05, 3.63) is 47.5 Å². The van der Waals surface area contributed by atoms with Gasteiger partial charge in [-0.25, -0.2) is 4.98 Å². The first-order valence-electron chi connectivity index (χ1n) is 7.53. The molecular formula is C17H25N3O. The molecule has 0 bridgehead atoms. The molecule has 1 atom stereocenters. The molecule has 0 fully saturated rings. The molecule has 1 unspecified atom stereocenters. The van der Waals surface area contributed by atoms with Crippen LogP contribution in [0, 0.1) is 6.92 Å². The van der Waals surface area contributed by atoms with Gasteiger partial charge < -0.3 is 14.6 Å². The topological polar surface area (TPSA) is 39.1 Å². The van der Waals surface area contributed by atoms with E-state index in [1.807, 2.05) is 17.8 Å². The zero-order valence-corrected chi connectivity index (χ0v) is 13.4. The average molecular weight is 287 g/mol. The molecule has 4 heteroatoms. The van der Waals surface area contributed by atoms with Gasteiger partial charge in [-0.3, -0.25) is 0 Å². The Labute approximate surface area is 127 Å². The van der Waals surface area contributed by atoms with Crippen LogP contribution in [0.5, 0.6) is 5.75 Å². The van der Waals surface area contributed by atoms with Crippen LogP contribution in [0.4, 0.5) is 0 Å². The van der Waals surface area contributed by atoms with Crippen molar-refractivity contribution in [2.45, 2.75) is 39.8 Å². The van der Waals surface area contributed by atoms with Gasteiger partial charge in [0.25, 0.3) is 0 Å². The Morgan fingerprint density at radius 2 is 2.19 bits per heavy atom. The summed E-state index contributed by atoms with van der Waals surface area (Å²) in [6.07, 6.45) is 4.76. The average Bonchev–Trinajstić information content (AvgIpc) is 2.88. The Hall–Kier alpha value is -1.81. The second kappa shape index (κ2) is 7.27. The van der Waals surface area contributed by atoms with Crippen molar-refractivity contribution >= 4 is 0 Å². The van der Waals surface area contributed by atoms with Crippen LogP contribution in [0.2, 0.25) is 0 Å². The number of aromatic nitrogens is 2. The summed E-state index contributed by atoms with van der Waals surface area (Å²) in [6.45, 7) is 7.99. The van der Waals surface area contributed by atoms with Gasteiger partial charge in [-0.1, -0.05) is 19.1 Å². The number of nitrogens with one attached hydrogen (secondary N) is 1. The van der Waals surface area contributed by atoms with Crippen molar-refractivity contribution in [3.8, 4) is 5.75 Å². The minimum Gasteiger partial charge on any atom is -0.487 e. The van der Waals surface area contributed by atoms with E-state index in [1.165, 1.54) is 11.1 Å². The van der Waals surface area contributed by atoms with E-state index in [1.54, 1.807) is 6.33 Å². The second-order valence-electron chi connectivity index (χ2n) is 5.50. The highest BCUT2D eigenvalue weighted by atomic mass is 16.5. The largest absolute Gasteiger partial charge is 0.487 e. The minimum atomic E-state index is 0.284. The third kappa shape index (κ3) is 4.08. The predicted octanol–water partition coefficient (Wildman–Crippen LogP) is 3.37. The fraction of sp³-hybridized carbons (Fsp3) is 0.471. The van der Waals surface area contributed by atoms with E-state index in [2.05, 4.69) is 49.3 Å². The summed E-state index contributed by atoms with van der Waals surface area (Å²) in [7, 11) is 1.98. The Balaban J connectivity index is 2.13. The van der Waals surface area contributed by atoms with E-state index < -0.39 is 0 Å². The minimum absolute atomic E-state index is 0.284. The van der Waals surface area contributed by atoms with E-state index >= 15 is 0 Å². The molecule has 0 saturated carbocycles. The maximum Gasteiger partial charge on any atom is 0.130 e. The molecule has 2 rings (SSSR count). The zero-order valence-electron chi connectivity index (χ0n) is 13.4. The van der Waals surface area contributed by atoms with Gasteiger partial charge in [0, 0.05) is 18.7 Å². The SMILES string of the molecule is CCCNC(C)c1ccc(C)cc1OCc1cncn1C. The molecule has 0 aliphatic heterocycles. The van der Waals surface area contributed by atoms with Crippen LogP contribution in [0.15, 0.2) is 30.7 Å². The molecule has 0 spiro atoms. The van der Waals surface area contributed by atoms with Crippen molar-refractivity contribution in [3.63, 3.8) is 0 Å². The molecular weight excluding hydrogens is 262 g/mol. The van der Waals surface area contributed by atoms with Crippen molar-refractivity contribution < 1.29 is 4.74 Å². The molecule has 0 aliphatic rings. The number of hydrogen-bond acceptors (Lipinski definition) is 3. The molecule has 0 amide bonds. The highest BCUT2D eigenvalue weighted by Crippen LogP contribution is 2.27. The lowest BCUT2D eigenvalue weighted by molar-refractivity contribution is 0.291. The lowest BCUT2D eigenvalue weighted by Crippen LogP contribution is -2.20. The van der Waals surface area contributed by atoms with Crippen molar-refractivity contribution in [2.24, 2.45) is 7.05 Å². The van der Waals surface area contributed by atoms with Gasteiger partial charge in [-0.2, -0.15) is 0 Å². The number of imidazole rings is 1. The van der Waals surface area contributed by atoms with Crippen LogP contribution in [-0.4, -0.2) is 16.1 Å². The molecule has 1 aromatic carbocycles. The van der Waals surface area contributed by atoms with Crippen molar-refractivity contribution in [2.75, 3.05) is 6.54 Å². The Morgan fingerprint density at radius 1 is 1.38 bits per heavy atom. The maximum atomic E-state index is 6.04. The van der Waals surface area contributed by atoms with Gasteiger partial charge in [0.2, 0.25) is 0 Å². The van der Waals surface area contributed by atoms with Crippen LogP contribution < -0.4 is 10.1 Å². The first-order chi connectivity index (χ1) is 10.1. The quantitative estimate of drug-likeness (QED) is 0.848. The van der Waals surface area contributed by atoms with E-state index in [0.717, 1.165) is 24.4 Å². The molecule has 1 heterocycles. The fourth-order valence-corrected chi connectivity index (χ4v) is 2.27. The molecule has 2 aromatic rings. The lowest BCUT2D eigenvalue weighted by atomic mass is 10.0. The van der Waals surface area contributed by atoms with Crippen LogP contribution in [0.1, 0.15) is 43.1 Å². The smallest absolute Gasteiger partial charge is 0.130 e. The summed E-state index contributed by atoms with van der Waals surface area (Å²) in [5.74, 6) is 0.951. The van der Waals surface area contributed by atoms with Crippen LogP contribution in [0.3, 0.4) is 0 Å². The van der Waals surface area contributed by atoms with Crippen LogP contribution in [0.25, 0.3) is 0 Å². The van der Waals surface area contributed by atoms with Gasteiger partial charge in [-0.15, -0.1) is 0 Å². The Bertz CT molecular complexity index is 577. The summed E-state index contributed by atoms with van der Waals surface area (Å²) in [5, 5.41) is 3.52. The molecule has 1 N–H and O–H groups in total. The lowest BCUT2D eigenvalue weighted by Gasteiger charge is -2.19. The summed E-state index contributed by atoms with van der Waals surface area (Å²) in [5.41, 5.74) is 3.48. The third-order valence-corrected chi connectivity index (χ3v) is 3.63. The number of rotatable bonds is 7. The normalized spacial score (nSPS) is 12.4. The zero-order chi connectivity index (χ0) is 15.2. The Kier molecular flexibility index (Phi) is 5.39. The standard InChI is InChI=1S/C17H25N3O/c1-5-8-19-14(3)16-7-6-13(2)9-17(16)21-11-15-10-18-12-20(15)4/h6-7,9-10,12,14,19H,5,8,11H2,1-4H3. The van der Waals surface area contributed by atoms with Gasteiger partial charge in [0.1, 0.15) is 12.4 Å². The first-order valence-corrected chi connectivity index (χ1v) is 7.53. The number of hydrogen-bond donors (Lipinski definition) is 1. The van der Waals surface area contributed by atoms with E-state index in [0.29, 0.717) is 6.61 Å². The second-order valence-corrected chi connectivity index (χ2v) is 5.50. The van der Waals surface area contributed by atoms with Gasteiger partial charge >= 0.3 is 0 Å². The monoisotopic (exact) mass is 287 g/mol. The number of aryl methyl sites for hydroxylation is 2. The summed E-state index contributed by atoms with van der Waals surface area (Å²) in [4.78, 5) is 4.12. The molecule has 21 heavy (non-hydrogen) atoms. The van der Waals surface area contributed by atoms with Crippen molar-refractivity contribution in [1.82, 2.24) is 14.9 Å². The van der Waals surface area contributed by atoms with Gasteiger partial charge in [0.15, 0.2) is 0 Å². The number of nitrogens with zero attached hydrogens (tertiary/aromatic N) is 2. The predicted molar refractivity (Wildman–Crippen MR) is 85.4 cm³/mol. The fourth-order valence-electron chi connectivity index (χ4n) is 2.27. The van der Waals surface area contributed by atoms with E-state index in [9.17, 15) is 0 Å². The Morgan fingerprint density at radius 3 is 2.86 bits per heavy atom. The van der Waals surface area contributed by atoms with Crippen LogP contribution >= 0.6 is 0 Å². The van der Waals surface area contributed by atoms with Crippen LogP contribution in [-0.2, 0) is 13.7 Å². The number of benzene rings is 1. The van der Waals surface area contributed by atoms with Gasteiger partial charge in [0.05, 0.1) is 18.2 Å². The van der Waals surface area contributed by atoms with E-state index in [4.69, 9.17) is 4.74 Å².